The van der Waals surface area contributed by atoms with E-state index >= 15 is 0 Å². The number of aromatic nitrogens is 5. The molecule has 1 aliphatic carbocycles. The van der Waals surface area contributed by atoms with Crippen molar-refractivity contribution in [3.05, 3.63) is 40.3 Å². The van der Waals surface area contributed by atoms with Gasteiger partial charge in [0.15, 0.2) is 11.6 Å². The summed E-state index contributed by atoms with van der Waals surface area (Å²) in [7, 11) is 2.00. The zero-order valence-electron chi connectivity index (χ0n) is 20.8. The topological polar surface area (TPSA) is 76.5 Å². The molecule has 36 heavy (non-hydrogen) atoms. The van der Waals surface area contributed by atoms with E-state index in [0.29, 0.717) is 23.7 Å². The fourth-order valence-electron chi connectivity index (χ4n) is 4.98. The highest BCUT2D eigenvalue weighted by atomic mass is 35.5. The van der Waals surface area contributed by atoms with Crippen LogP contribution in [0.5, 0.6) is 0 Å². The summed E-state index contributed by atoms with van der Waals surface area (Å²) >= 11 is 6.30. The van der Waals surface area contributed by atoms with Crippen LogP contribution in [0.25, 0.3) is 10.9 Å². The minimum atomic E-state index is -2.50. The molecular weight excluding hydrogens is 484 g/mol. The fraction of sp³-hybridized carbons (Fsp3) is 0.556. The quantitative estimate of drug-likeness (QED) is 0.184. The molecule has 0 aliphatic heterocycles. The maximum Gasteiger partial charge on any atom is 0.250 e. The number of H-pyrrole nitrogens is 1. The van der Waals surface area contributed by atoms with Crippen molar-refractivity contribution < 1.29 is 13.6 Å². The van der Waals surface area contributed by atoms with Gasteiger partial charge >= 0.3 is 0 Å². The standard InChI is InChI=1S/C27H32ClF2N5O/c1-18(14-25-31-33-34-32-25)13-24(36)26-21-15-20(28)11-12-22(21)35(2)23(26)10-8-6-4-3-5-7-9-19-16-27(29,30)17-19/h11-12,15,18-19H,3-6,8,10,13-14,16-17H2,1-2H3,(H,31,32,33,34)/t18-/m0/s1. The number of fused-ring (bicyclic) bond motifs is 1. The molecule has 0 spiro atoms. The third-order valence-corrected chi connectivity index (χ3v) is 7.11. The van der Waals surface area contributed by atoms with E-state index < -0.39 is 5.92 Å². The summed E-state index contributed by atoms with van der Waals surface area (Å²) in [6.07, 6.45) is 6.29. The molecule has 0 unspecified atom stereocenters. The smallest absolute Gasteiger partial charge is 0.250 e. The first-order valence-electron chi connectivity index (χ1n) is 12.6. The molecule has 1 saturated carbocycles. The lowest BCUT2D eigenvalue weighted by Gasteiger charge is -2.31. The molecule has 192 valence electrons. The van der Waals surface area contributed by atoms with Crippen molar-refractivity contribution in [3.63, 3.8) is 0 Å². The number of hydrogen-bond donors (Lipinski definition) is 1. The summed E-state index contributed by atoms with van der Waals surface area (Å²) in [6, 6.07) is 5.71. The summed E-state index contributed by atoms with van der Waals surface area (Å²) in [4.78, 5) is 13.5. The maximum atomic E-state index is 13.5. The van der Waals surface area contributed by atoms with Crippen molar-refractivity contribution in [1.82, 2.24) is 25.2 Å². The van der Waals surface area contributed by atoms with E-state index in [1.165, 1.54) is 0 Å². The number of carbonyl (C=O) groups excluding carboxylic acids is 1. The van der Waals surface area contributed by atoms with E-state index in [9.17, 15) is 13.6 Å². The van der Waals surface area contributed by atoms with Crippen molar-refractivity contribution >= 4 is 28.3 Å². The van der Waals surface area contributed by atoms with Gasteiger partial charge in [0.1, 0.15) is 0 Å². The van der Waals surface area contributed by atoms with Crippen LogP contribution in [0.3, 0.4) is 0 Å². The van der Waals surface area contributed by atoms with E-state index in [1.54, 1.807) is 0 Å². The largest absolute Gasteiger partial charge is 0.347 e. The average molecular weight is 516 g/mol. The van der Waals surface area contributed by atoms with Crippen molar-refractivity contribution in [1.29, 1.82) is 0 Å². The number of nitrogens with zero attached hydrogens (tertiary/aromatic N) is 4. The van der Waals surface area contributed by atoms with Gasteiger partial charge in [-0.05, 0) is 43.4 Å². The molecule has 1 fully saturated rings. The molecule has 1 atom stereocenters. The number of unbranched alkanes of at least 4 members (excludes halogenated alkanes) is 4. The van der Waals surface area contributed by atoms with E-state index in [-0.39, 0.29) is 30.5 Å². The summed E-state index contributed by atoms with van der Waals surface area (Å²) < 4.78 is 27.9. The Labute approximate surface area is 215 Å². The van der Waals surface area contributed by atoms with Crippen molar-refractivity contribution in [3.8, 4) is 11.8 Å². The van der Waals surface area contributed by atoms with Crippen molar-refractivity contribution in [2.75, 3.05) is 0 Å². The van der Waals surface area contributed by atoms with Crippen LogP contribution in [0.2, 0.25) is 5.02 Å². The van der Waals surface area contributed by atoms with Crippen LogP contribution < -0.4 is 0 Å². The predicted octanol–water partition coefficient (Wildman–Crippen LogP) is 6.34. The van der Waals surface area contributed by atoms with Crippen LogP contribution in [0, 0.1) is 23.7 Å². The Morgan fingerprint density at radius 3 is 2.78 bits per heavy atom. The van der Waals surface area contributed by atoms with Gasteiger partial charge in [0.2, 0.25) is 0 Å². The number of nitrogens with one attached hydrogen (secondary N) is 1. The van der Waals surface area contributed by atoms with Crippen LogP contribution in [0.15, 0.2) is 18.2 Å². The number of rotatable bonds is 11. The van der Waals surface area contributed by atoms with Gasteiger partial charge in [-0.1, -0.05) is 42.5 Å². The molecule has 2 aromatic heterocycles. The Hall–Kier alpha value is -2.79. The van der Waals surface area contributed by atoms with Gasteiger partial charge in [-0.25, -0.2) is 8.78 Å². The first-order valence-corrected chi connectivity index (χ1v) is 13.0. The first kappa shape index (κ1) is 26.3. The monoisotopic (exact) mass is 515 g/mol. The lowest BCUT2D eigenvalue weighted by Crippen LogP contribution is -2.34. The molecule has 9 heteroatoms. The average Bonchev–Trinajstić information content (AvgIpc) is 3.39. The molecule has 6 nitrogen and oxygen atoms in total. The molecule has 0 bridgehead atoms. The Bertz CT molecular complexity index is 1250. The number of halogens is 3. The zero-order chi connectivity index (χ0) is 25.7. The third-order valence-electron chi connectivity index (χ3n) is 6.88. The molecule has 0 radical (unpaired) electrons. The molecule has 4 rings (SSSR count). The van der Waals surface area contributed by atoms with Gasteiger partial charge < -0.3 is 4.57 Å². The molecule has 1 aromatic carbocycles. The van der Waals surface area contributed by atoms with Crippen LogP contribution in [0.1, 0.15) is 80.2 Å². The van der Waals surface area contributed by atoms with Crippen molar-refractivity contribution in [2.45, 2.75) is 77.1 Å². The predicted molar refractivity (Wildman–Crippen MR) is 136 cm³/mol. The number of benzene rings is 1. The van der Waals surface area contributed by atoms with Gasteiger partial charge in [0.05, 0.1) is 0 Å². The summed E-state index contributed by atoms with van der Waals surface area (Å²) in [6.45, 7) is 2.02. The van der Waals surface area contributed by atoms with Gasteiger partial charge in [0.25, 0.3) is 5.92 Å². The van der Waals surface area contributed by atoms with Gasteiger partial charge in [-0.15, -0.1) is 16.1 Å². The van der Waals surface area contributed by atoms with E-state index in [4.69, 9.17) is 11.6 Å². The number of aromatic amines is 1. The molecule has 0 amide bonds. The SMILES string of the molecule is C[C@@H](CC(=O)c1c(CCCCCCC#CC2CC(F)(F)C2)n(C)c2ccc(Cl)cc12)Cc1nn[nH]n1. The number of tetrazole rings is 1. The van der Waals surface area contributed by atoms with Crippen LogP contribution in [-0.2, 0) is 19.9 Å². The second kappa shape index (κ2) is 11.5. The Kier molecular flexibility index (Phi) is 8.40. The normalized spacial score (nSPS) is 15.9. The zero-order valence-corrected chi connectivity index (χ0v) is 21.5. The fourth-order valence-corrected chi connectivity index (χ4v) is 5.16. The Morgan fingerprint density at radius 2 is 2.06 bits per heavy atom. The van der Waals surface area contributed by atoms with Crippen LogP contribution in [0.4, 0.5) is 8.78 Å². The van der Waals surface area contributed by atoms with E-state index in [0.717, 1.165) is 60.7 Å². The number of carbonyl (C=O) groups is 1. The number of Topliss-reactive ketones (excluding diaryl/α,β-unsaturated/α-hetero) is 1. The van der Waals surface area contributed by atoms with E-state index in [2.05, 4.69) is 37.0 Å². The summed E-state index contributed by atoms with van der Waals surface area (Å²) in [5.41, 5.74) is 2.80. The van der Waals surface area contributed by atoms with Crippen LogP contribution in [-0.4, -0.2) is 36.9 Å². The lowest BCUT2D eigenvalue weighted by atomic mass is 9.82. The van der Waals surface area contributed by atoms with Crippen molar-refractivity contribution in [2.24, 2.45) is 18.9 Å². The minimum absolute atomic E-state index is 0.0738. The molecule has 0 saturated heterocycles. The second-order valence-electron chi connectivity index (χ2n) is 10.0. The summed E-state index contributed by atoms with van der Waals surface area (Å²) in [5.74, 6) is 4.18. The highest BCUT2D eigenvalue weighted by molar-refractivity contribution is 6.31. The Balaban J connectivity index is 1.35. The molecule has 1 N–H and O–H groups in total. The number of hydrogen-bond acceptors (Lipinski definition) is 4. The van der Waals surface area contributed by atoms with Gasteiger partial charge in [0, 0.05) is 72.3 Å². The number of aryl methyl sites for hydroxylation is 1. The Morgan fingerprint density at radius 1 is 1.28 bits per heavy atom. The van der Waals surface area contributed by atoms with Gasteiger partial charge in [-0.2, -0.15) is 5.21 Å². The number of ketones is 1. The minimum Gasteiger partial charge on any atom is -0.347 e. The molecule has 2 heterocycles. The van der Waals surface area contributed by atoms with Gasteiger partial charge in [-0.3, -0.25) is 4.79 Å². The highest BCUT2D eigenvalue weighted by Gasteiger charge is 2.44. The molecule has 1 aliphatic rings. The second-order valence-corrected chi connectivity index (χ2v) is 10.4. The first-order chi connectivity index (χ1) is 17.2. The van der Waals surface area contributed by atoms with E-state index in [1.807, 2.05) is 32.2 Å². The maximum absolute atomic E-state index is 13.5. The highest BCUT2D eigenvalue weighted by Crippen LogP contribution is 2.41. The lowest BCUT2D eigenvalue weighted by molar-refractivity contribution is -0.0936. The molecule has 3 aromatic rings. The molecular formula is C27H32ClF2N5O. The third kappa shape index (κ3) is 6.50. The summed E-state index contributed by atoms with van der Waals surface area (Å²) in [5, 5.41) is 15.5. The number of alkyl halides is 2. The van der Waals surface area contributed by atoms with Crippen LogP contribution >= 0.6 is 11.6 Å².